The van der Waals surface area contributed by atoms with Crippen molar-refractivity contribution < 1.29 is 13.6 Å². The van der Waals surface area contributed by atoms with E-state index in [-0.39, 0.29) is 11.9 Å². The second-order valence-corrected chi connectivity index (χ2v) is 4.88. The van der Waals surface area contributed by atoms with Gasteiger partial charge in [-0.25, -0.2) is 4.99 Å². The summed E-state index contributed by atoms with van der Waals surface area (Å²) >= 11 is 4.70. The number of nitrogens with zero attached hydrogens (tertiary/aromatic N) is 3. The molecule has 0 unspecified atom stereocenters. The molecule has 0 aliphatic rings. The van der Waals surface area contributed by atoms with E-state index >= 15 is 0 Å². The molecule has 1 aromatic rings. The molecule has 0 saturated carbocycles. The number of alkyl halides is 3. The number of unbranched alkanes of at least 4 members (excludes halogenated alkanes) is 1. The summed E-state index contributed by atoms with van der Waals surface area (Å²) in [4.78, 5) is 14.0. The van der Waals surface area contributed by atoms with Crippen molar-refractivity contribution in [2.24, 2.45) is 16.5 Å². The summed E-state index contributed by atoms with van der Waals surface area (Å²) in [6.45, 7) is -0.313. The van der Waals surface area contributed by atoms with Crippen LogP contribution in [0.4, 0.5) is 14.6 Å². The molecule has 0 radical (unpaired) electrons. The van der Waals surface area contributed by atoms with Crippen molar-refractivity contribution >= 4 is 29.3 Å². The van der Waals surface area contributed by atoms with Gasteiger partial charge in [0.2, 0.25) is 5.91 Å². The lowest BCUT2D eigenvalue weighted by atomic mass is 10.2. The number of guanidine groups is 1. The minimum atomic E-state index is -3.42. The zero-order valence-electron chi connectivity index (χ0n) is 11.2. The smallest absolute Gasteiger partial charge is 0.341 e. The number of halogens is 3. The van der Waals surface area contributed by atoms with E-state index in [9.17, 15) is 13.6 Å². The number of aliphatic imine (C=N–C) groups is 1. The average molecular weight is 323 g/mol. The first-order chi connectivity index (χ1) is 9.76. The molecule has 0 aromatic carbocycles. The third kappa shape index (κ3) is 8.08. The SMILES string of the molecule is NC(=O)CCCCn1ccc(N/C(N)=N\CC(F)(F)Cl)n1. The number of nitrogens with one attached hydrogen (secondary N) is 1. The zero-order chi connectivity index (χ0) is 15.9. The fourth-order valence-corrected chi connectivity index (χ4v) is 1.53. The Morgan fingerprint density at radius 1 is 1.48 bits per heavy atom. The van der Waals surface area contributed by atoms with Gasteiger partial charge in [-0.3, -0.25) is 9.48 Å². The van der Waals surface area contributed by atoms with Gasteiger partial charge in [0.1, 0.15) is 6.54 Å². The maximum atomic E-state index is 12.4. The fraction of sp³-hybridized carbons (Fsp3) is 0.545. The quantitative estimate of drug-likeness (QED) is 0.288. The van der Waals surface area contributed by atoms with Gasteiger partial charge in [0.15, 0.2) is 11.8 Å². The van der Waals surface area contributed by atoms with Crippen molar-refractivity contribution in [1.29, 1.82) is 0 Å². The standard InChI is InChI=1S/C11H17ClF2N6O/c12-11(13,14)7-17-10(16)18-9-4-6-20(19-9)5-2-1-3-8(15)21/h4,6H,1-3,5,7H2,(H2,15,21)(H3,16,17,18,19). The Hall–Kier alpha value is -1.90. The Bertz CT molecular complexity index is 499. The van der Waals surface area contributed by atoms with Gasteiger partial charge in [0.25, 0.3) is 0 Å². The highest BCUT2D eigenvalue weighted by molar-refractivity contribution is 6.21. The van der Waals surface area contributed by atoms with Crippen LogP contribution >= 0.6 is 11.6 Å². The molecule has 1 aromatic heterocycles. The topological polar surface area (TPSA) is 111 Å². The van der Waals surface area contributed by atoms with Crippen LogP contribution in [-0.4, -0.2) is 33.6 Å². The first-order valence-corrected chi connectivity index (χ1v) is 6.59. The lowest BCUT2D eigenvalue weighted by molar-refractivity contribution is -0.118. The summed E-state index contributed by atoms with van der Waals surface area (Å²) in [5.41, 5.74) is 10.5. The molecule has 0 bridgehead atoms. The summed E-state index contributed by atoms with van der Waals surface area (Å²) in [5, 5.41) is 3.27. The van der Waals surface area contributed by atoms with E-state index in [2.05, 4.69) is 15.4 Å². The maximum absolute atomic E-state index is 12.4. The van der Waals surface area contributed by atoms with Crippen molar-refractivity contribution in [3.63, 3.8) is 0 Å². The monoisotopic (exact) mass is 322 g/mol. The molecule has 7 nitrogen and oxygen atoms in total. The van der Waals surface area contributed by atoms with Gasteiger partial charge in [-0.2, -0.15) is 13.9 Å². The highest BCUT2D eigenvalue weighted by Gasteiger charge is 2.23. The summed E-state index contributed by atoms with van der Waals surface area (Å²) in [6, 6.07) is 1.62. The molecular formula is C11H17ClF2N6O. The molecule has 1 amide bonds. The number of anilines is 1. The van der Waals surface area contributed by atoms with Gasteiger partial charge >= 0.3 is 5.38 Å². The predicted molar refractivity (Wildman–Crippen MR) is 76.2 cm³/mol. The van der Waals surface area contributed by atoms with Crippen LogP contribution in [0.25, 0.3) is 0 Å². The number of aryl methyl sites for hydroxylation is 1. The van der Waals surface area contributed by atoms with E-state index < -0.39 is 11.9 Å². The third-order valence-corrected chi connectivity index (χ3v) is 2.51. The number of aromatic nitrogens is 2. The van der Waals surface area contributed by atoms with Crippen molar-refractivity contribution in [3.8, 4) is 0 Å². The first kappa shape index (κ1) is 17.2. The number of hydrogen-bond acceptors (Lipinski definition) is 3. The Morgan fingerprint density at radius 3 is 2.81 bits per heavy atom. The number of nitrogens with two attached hydrogens (primary N) is 2. The van der Waals surface area contributed by atoms with Crippen LogP contribution in [-0.2, 0) is 11.3 Å². The Morgan fingerprint density at radius 2 is 2.19 bits per heavy atom. The molecule has 10 heteroatoms. The normalized spacial score (nSPS) is 12.4. The Labute approximate surface area is 125 Å². The number of carbonyl (C=O) groups is 1. The highest BCUT2D eigenvalue weighted by atomic mass is 35.5. The largest absolute Gasteiger partial charge is 0.370 e. The molecule has 0 atom stereocenters. The van der Waals surface area contributed by atoms with Crippen LogP contribution < -0.4 is 16.8 Å². The molecule has 0 spiro atoms. The molecule has 0 saturated heterocycles. The third-order valence-electron chi connectivity index (χ3n) is 2.39. The lowest BCUT2D eigenvalue weighted by Gasteiger charge is -2.05. The van der Waals surface area contributed by atoms with Crippen molar-refractivity contribution in [3.05, 3.63) is 12.3 Å². The maximum Gasteiger partial charge on any atom is 0.341 e. The van der Waals surface area contributed by atoms with Crippen LogP contribution in [0.5, 0.6) is 0 Å². The molecule has 5 N–H and O–H groups in total. The zero-order valence-corrected chi connectivity index (χ0v) is 12.0. The van der Waals surface area contributed by atoms with Crippen LogP contribution in [0.1, 0.15) is 19.3 Å². The van der Waals surface area contributed by atoms with Gasteiger partial charge in [-0.15, -0.1) is 0 Å². The van der Waals surface area contributed by atoms with E-state index in [1.54, 1.807) is 16.9 Å². The van der Waals surface area contributed by atoms with E-state index in [4.69, 9.17) is 23.1 Å². The molecule has 0 fully saturated rings. The molecular weight excluding hydrogens is 306 g/mol. The summed E-state index contributed by atoms with van der Waals surface area (Å²) in [6.07, 6.45) is 3.44. The molecule has 1 heterocycles. The van der Waals surface area contributed by atoms with Gasteiger partial charge < -0.3 is 16.8 Å². The van der Waals surface area contributed by atoms with Crippen molar-refractivity contribution in [2.45, 2.75) is 31.2 Å². The second-order valence-electron chi connectivity index (χ2n) is 4.33. The minimum Gasteiger partial charge on any atom is -0.370 e. The predicted octanol–water partition coefficient (Wildman–Crippen LogP) is 1.10. The lowest BCUT2D eigenvalue weighted by Crippen LogP contribution is -2.25. The average Bonchev–Trinajstić information content (AvgIpc) is 2.79. The van der Waals surface area contributed by atoms with Crippen LogP contribution in [0.15, 0.2) is 17.3 Å². The van der Waals surface area contributed by atoms with E-state index in [1.807, 2.05) is 0 Å². The molecule has 0 aliphatic carbocycles. The van der Waals surface area contributed by atoms with Crippen LogP contribution in [0.3, 0.4) is 0 Å². The number of amides is 1. The van der Waals surface area contributed by atoms with Gasteiger partial charge in [0, 0.05) is 25.2 Å². The van der Waals surface area contributed by atoms with E-state index in [0.717, 1.165) is 6.42 Å². The van der Waals surface area contributed by atoms with Gasteiger partial charge in [-0.05, 0) is 24.4 Å². The molecule has 21 heavy (non-hydrogen) atoms. The summed E-state index contributed by atoms with van der Waals surface area (Å²) in [5.74, 6) is -0.156. The summed E-state index contributed by atoms with van der Waals surface area (Å²) in [7, 11) is 0. The number of rotatable bonds is 8. The van der Waals surface area contributed by atoms with E-state index in [1.165, 1.54) is 0 Å². The number of primary amides is 1. The Kier molecular flexibility index (Phi) is 6.35. The van der Waals surface area contributed by atoms with E-state index in [0.29, 0.717) is 25.2 Å². The molecule has 0 aliphatic heterocycles. The highest BCUT2D eigenvalue weighted by Crippen LogP contribution is 2.18. The Balaban J connectivity index is 2.39. The fourth-order valence-electron chi connectivity index (χ4n) is 1.47. The van der Waals surface area contributed by atoms with Crippen LogP contribution in [0, 0.1) is 0 Å². The van der Waals surface area contributed by atoms with Crippen molar-refractivity contribution in [1.82, 2.24) is 9.78 Å². The number of hydrogen-bond donors (Lipinski definition) is 3. The minimum absolute atomic E-state index is 0.200. The number of carbonyl (C=O) groups excluding carboxylic acids is 1. The first-order valence-electron chi connectivity index (χ1n) is 6.22. The van der Waals surface area contributed by atoms with Crippen LogP contribution in [0.2, 0.25) is 0 Å². The molecule has 1 rings (SSSR count). The van der Waals surface area contributed by atoms with Crippen molar-refractivity contribution in [2.75, 3.05) is 11.9 Å². The second kappa shape index (κ2) is 7.77. The molecule has 118 valence electrons. The van der Waals surface area contributed by atoms with Gasteiger partial charge in [-0.1, -0.05) is 0 Å². The summed E-state index contributed by atoms with van der Waals surface area (Å²) < 4.78 is 26.4. The van der Waals surface area contributed by atoms with Gasteiger partial charge in [0.05, 0.1) is 0 Å².